The molecular weight excluding hydrogens is 268 g/mol. The molecule has 2 rings (SSSR count). The average molecular weight is 290 g/mol. The number of nitrogens with one attached hydrogen (secondary N) is 1. The predicted octanol–water partition coefficient (Wildman–Crippen LogP) is 1.19. The Morgan fingerprint density at radius 3 is 2.76 bits per heavy atom. The van der Waals surface area contributed by atoms with E-state index >= 15 is 0 Å². The minimum atomic E-state index is -0.745. The van der Waals surface area contributed by atoms with Gasteiger partial charge >= 0.3 is 0 Å². The van der Waals surface area contributed by atoms with Crippen molar-refractivity contribution < 1.29 is 9.59 Å². The summed E-state index contributed by atoms with van der Waals surface area (Å²) in [4.78, 5) is 34.5. The summed E-state index contributed by atoms with van der Waals surface area (Å²) >= 11 is 0. The van der Waals surface area contributed by atoms with Crippen LogP contribution in [0.1, 0.15) is 44.5 Å². The third-order valence-corrected chi connectivity index (χ3v) is 4.00. The van der Waals surface area contributed by atoms with Gasteiger partial charge in [-0.25, -0.2) is 0 Å². The molecule has 6 nitrogen and oxygen atoms in total. The first-order chi connectivity index (χ1) is 9.97. The highest BCUT2D eigenvalue weighted by Crippen LogP contribution is 2.29. The molecule has 0 spiro atoms. The van der Waals surface area contributed by atoms with E-state index in [1.54, 1.807) is 17.3 Å². The minimum absolute atomic E-state index is 0.0280. The Labute approximate surface area is 125 Å². The van der Waals surface area contributed by atoms with Crippen LogP contribution >= 0.6 is 0 Å². The summed E-state index contributed by atoms with van der Waals surface area (Å²) in [7, 11) is 0. The predicted molar refractivity (Wildman–Crippen MR) is 78.3 cm³/mol. The normalized spacial score (nSPS) is 21.4. The first-order valence-electron chi connectivity index (χ1n) is 7.33. The van der Waals surface area contributed by atoms with Gasteiger partial charge in [-0.2, -0.15) is 0 Å². The molecule has 0 aromatic carbocycles. The maximum absolute atomic E-state index is 12.5. The number of hydrogen-bond donors (Lipinski definition) is 1. The lowest BCUT2D eigenvalue weighted by atomic mass is 9.97. The fourth-order valence-corrected chi connectivity index (χ4v) is 2.66. The number of aromatic nitrogens is 2. The number of aryl methyl sites for hydroxylation is 1. The van der Waals surface area contributed by atoms with Crippen molar-refractivity contribution in [1.82, 2.24) is 20.2 Å². The molecule has 2 heterocycles. The van der Waals surface area contributed by atoms with Crippen LogP contribution in [-0.4, -0.2) is 38.8 Å². The van der Waals surface area contributed by atoms with Crippen LogP contribution in [0.25, 0.3) is 0 Å². The van der Waals surface area contributed by atoms with Gasteiger partial charge < -0.3 is 10.2 Å². The number of likely N-dealkylation sites (tertiary alicyclic amines) is 1. The molecule has 1 atom stereocenters. The van der Waals surface area contributed by atoms with Crippen LogP contribution in [0.3, 0.4) is 0 Å². The third kappa shape index (κ3) is 3.20. The molecule has 0 saturated carbocycles. The summed E-state index contributed by atoms with van der Waals surface area (Å²) in [6.07, 6.45) is 5.31. The smallest absolute Gasteiger partial charge is 0.246 e. The van der Waals surface area contributed by atoms with Gasteiger partial charge in [-0.3, -0.25) is 19.6 Å². The number of rotatable bonds is 4. The van der Waals surface area contributed by atoms with Crippen molar-refractivity contribution in [1.29, 1.82) is 0 Å². The van der Waals surface area contributed by atoms with E-state index in [0.29, 0.717) is 31.6 Å². The Balaban J connectivity index is 2.01. The lowest BCUT2D eigenvalue weighted by molar-refractivity contribution is -0.143. The Hall–Kier alpha value is -1.98. The number of carbonyl (C=O) groups is 2. The number of carbonyl (C=O) groups excluding carboxylic acids is 2. The Morgan fingerprint density at radius 1 is 1.38 bits per heavy atom. The second-order valence-electron chi connectivity index (χ2n) is 5.61. The Kier molecular flexibility index (Phi) is 4.55. The number of amides is 2. The summed E-state index contributed by atoms with van der Waals surface area (Å²) in [5, 5.41) is 2.87. The zero-order valence-electron chi connectivity index (χ0n) is 12.8. The van der Waals surface area contributed by atoms with Crippen LogP contribution in [0.2, 0.25) is 0 Å². The largest absolute Gasteiger partial charge is 0.348 e. The standard InChI is InChI=1S/C15H22N4O2/c1-4-13(20)19-7-5-6-15(19,3)14(21)18-10-12-9-16-11(2)8-17-12/h8-9H,4-7,10H2,1-3H3,(H,18,21). The van der Waals surface area contributed by atoms with E-state index in [0.717, 1.165) is 12.1 Å². The summed E-state index contributed by atoms with van der Waals surface area (Å²) in [6, 6.07) is 0. The monoisotopic (exact) mass is 290 g/mol. The highest BCUT2D eigenvalue weighted by Gasteiger charge is 2.44. The molecule has 1 saturated heterocycles. The molecule has 21 heavy (non-hydrogen) atoms. The molecule has 1 N–H and O–H groups in total. The summed E-state index contributed by atoms with van der Waals surface area (Å²) in [6.45, 7) is 6.50. The molecule has 0 radical (unpaired) electrons. The zero-order chi connectivity index (χ0) is 15.5. The van der Waals surface area contributed by atoms with Gasteiger partial charge in [0.2, 0.25) is 11.8 Å². The van der Waals surface area contributed by atoms with Gasteiger partial charge in [-0.1, -0.05) is 6.92 Å². The van der Waals surface area contributed by atoms with Crippen molar-refractivity contribution in [3.05, 3.63) is 23.8 Å². The molecular formula is C15H22N4O2. The molecule has 1 aromatic rings. The first-order valence-corrected chi connectivity index (χ1v) is 7.33. The van der Waals surface area contributed by atoms with E-state index in [4.69, 9.17) is 0 Å². The third-order valence-electron chi connectivity index (χ3n) is 4.00. The zero-order valence-corrected chi connectivity index (χ0v) is 12.8. The Bertz CT molecular complexity index is 529. The fraction of sp³-hybridized carbons (Fsp3) is 0.600. The van der Waals surface area contributed by atoms with Gasteiger partial charge in [0.1, 0.15) is 5.54 Å². The molecule has 1 fully saturated rings. The lowest BCUT2D eigenvalue weighted by Gasteiger charge is -2.33. The van der Waals surface area contributed by atoms with Crippen LogP contribution in [0.15, 0.2) is 12.4 Å². The minimum Gasteiger partial charge on any atom is -0.348 e. The van der Waals surface area contributed by atoms with Gasteiger partial charge in [0.05, 0.1) is 24.1 Å². The van der Waals surface area contributed by atoms with Crippen molar-refractivity contribution in [2.24, 2.45) is 0 Å². The summed E-state index contributed by atoms with van der Waals surface area (Å²) in [5.74, 6) is -0.0931. The molecule has 0 bridgehead atoms. The summed E-state index contributed by atoms with van der Waals surface area (Å²) < 4.78 is 0. The van der Waals surface area contributed by atoms with Crippen LogP contribution in [-0.2, 0) is 16.1 Å². The van der Waals surface area contributed by atoms with E-state index in [1.807, 2.05) is 20.8 Å². The van der Waals surface area contributed by atoms with Gasteiger partial charge in [0, 0.05) is 19.2 Å². The van der Waals surface area contributed by atoms with Crippen molar-refractivity contribution in [3.63, 3.8) is 0 Å². The summed E-state index contributed by atoms with van der Waals surface area (Å²) in [5.41, 5.74) is 0.807. The van der Waals surface area contributed by atoms with Crippen LogP contribution in [0.5, 0.6) is 0 Å². The van der Waals surface area contributed by atoms with Crippen molar-refractivity contribution in [2.75, 3.05) is 6.54 Å². The van der Waals surface area contributed by atoms with Gasteiger partial charge in [0.25, 0.3) is 0 Å². The van der Waals surface area contributed by atoms with E-state index in [-0.39, 0.29) is 11.8 Å². The van der Waals surface area contributed by atoms with Crippen molar-refractivity contribution in [3.8, 4) is 0 Å². The molecule has 1 unspecified atom stereocenters. The van der Waals surface area contributed by atoms with E-state index in [9.17, 15) is 9.59 Å². The maximum Gasteiger partial charge on any atom is 0.246 e. The number of nitrogens with zero attached hydrogens (tertiary/aromatic N) is 3. The molecule has 1 aromatic heterocycles. The fourth-order valence-electron chi connectivity index (χ4n) is 2.66. The molecule has 2 amide bonds. The molecule has 1 aliphatic rings. The highest BCUT2D eigenvalue weighted by atomic mass is 16.2. The van der Waals surface area contributed by atoms with Crippen LogP contribution in [0.4, 0.5) is 0 Å². The second-order valence-corrected chi connectivity index (χ2v) is 5.61. The van der Waals surface area contributed by atoms with E-state index in [2.05, 4.69) is 15.3 Å². The lowest BCUT2D eigenvalue weighted by Crippen LogP contribution is -2.55. The topological polar surface area (TPSA) is 75.2 Å². The molecule has 1 aliphatic heterocycles. The van der Waals surface area contributed by atoms with E-state index < -0.39 is 5.54 Å². The average Bonchev–Trinajstić information content (AvgIpc) is 2.89. The van der Waals surface area contributed by atoms with Gasteiger partial charge in [-0.15, -0.1) is 0 Å². The molecule has 114 valence electrons. The van der Waals surface area contributed by atoms with E-state index in [1.165, 1.54) is 0 Å². The molecule has 6 heteroatoms. The highest BCUT2D eigenvalue weighted by molar-refractivity contribution is 5.91. The van der Waals surface area contributed by atoms with Crippen molar-refractivity contribution >= 4 is 11.8 Å². The van der Waals surface area contributed by atoms with Crippen LogP contribution < -0.4 is 5.32 Å². The first kappa shape index (κ1) is 15.4. The van der Waals surface area contributed by atoms with Gasteiger partial charge in [0.15, 0.2) is 0 Å². The quantitative estimate of drug-likeness (QED) is 0.904. The second kappa shape index (κ2) is 6.20. The Morgan fingerprint density at radius 2 is 2.14 bits per heavy atom. The maximum atomic E-state index is 12.5. The van der Waals surface area contributed by atoms with Crippen molar-refractivity contribution in [2.45, 2.75) is 52.1 Å². The van der Waals surface area contributed by atoms with Crippen LogP contribution in [0, 0.1) is 6.92 Å². The number of hydrogen-bond acceptors (Lipinski definition) is 4. The molecule has 0 aliphatic carbocycles. The SMILES string of the molecule is CCC(=O)N1CCCC1(C)C(=O)NCc1cnc(C)cn1. The van der Waals surface area contributed by atoms with Gasteiger partial charge in [-0.05, 0) is 26.7 Å².